The van der Waals surface area contributed by atoms with Crippen molar-refractivity contribution in [3.63, 3.8) is 0 Å². The molecule has 9 nitrogen and oxygen atoms in total. The van der Waals surface area contributed by atoms with Crippen LogP contribution < -0.4 is 16.0 Å². The van der Waals surface area contributed by atoms with E-state index < -0.39 is 0 Å². The number of nitrogens with one attached hydrogen (secondary N) is 3. The van der Waals surface area contributed by atoms with Crippen LogP contribution in [-0.2, 0) is 25.5 Å². The van der Waals surface area contributed by atoms with Crippen LogP contribution >= 0.6 is 0 Å². The minimum atomic E-state index is -0.324. The number of phenols is 2. The second kappa shape index (κ2) is 12.0. The Kier molecular flexibility index (Phi) is 8.42. The van der Waals surface area contributed by atoms with E-state index in [1.54, 1.807) is 6.07 Å². The second-order valence-corrected chi connectivity index (χ2v) is 16.8. The lowest BCUT2D eigenvalue weighted by Crippen LogP contribution is -2.60. The molecule has 5 N–H and O–H groups in total. The van der Waals surface area contributed by atoms with Crippen molar-refractivity contribution in [2.45, 2.75) is 116 Å². The zero-order valence-electron chi connectivity index (χ0n) is 28.6. The van der Waals surface area contributed by atoms with Crippen molar-refractivity contribution in [2.75, 3.05) is 13.1 Å². The number of phenolic OH excluding ortho intramolecular Hbond substituents is 2. The molecule has 12 atom stereocenters. The summed E-state index contributed by atoms with van der Waals surface area (Å²) in [6, 6.07) is 4.63. The number of fused-ring (bicyclic) bond motifs is 7. The van der Waals surface area contributed by atoms with Crippen molar-refractivity contribution < 1.29 is 29.3 Å². The van der Waals surface area contributed by atoms with E-state index in [0.29, 0.717) is 60.7 Å². The summed E-state index contributed by atoms with van der Waals surface area (Å²) < 4.78 is 6.97. The van der Waals surface area contributed by atoms with Crippen molar-refractivity contribution in [3.8, 4) is 11.5 Å². The molecule has 0 aromatic heterocycles. The van der Waals surface area contributed by atoms with Crippen LogP contribution in [0.4, 0.5) is 0 Å². The fourth-order valence-electron chi connectivity index (χ4n) is 11.8. The molecular weight excluding hydrogens is 594 g/mol. The van der Waals surface area contributed by atoms with Gasteiger partial charge in [-0.25, -0.2) is 0 Å². The SMILES string of the molecule is C[C@@H]1CC[C@@]2(NC1)O[C@H]1C[C@H]3[C@@H]4CC[C@H]5CC(NC(=O)CC(=O)NCCc6ccc(O)c(O)c6)CC[C@]5(C)[C@H]4CC(=O)[C@]3(C)[C@H]1[C@@H]2C. The predicted octanol–water partition coefficient (Wildman–Crippen LogP) is 4.83. The molecule has 2 aliphatic heterocycles. The van der Waals surface area contributed by atoms with Crippen LogP contribution in [-0.4, -0.2) is 58.8 Å². The quantitative estimate of drug-likeness (QED) is 0.220. The van der Waals surface area contributed by atoms with Gasteiger partial charge < -0.3 is 25.6 Å². The number of carbonyl (C=O) groups excluding carboxylic acids is 3. The smallest absolute Gasteiger partial charge is 0.229 e. The van der Waals surface area contributed by atoms with Gasteiger partial charge in [0, 0.05) is 42.8 Å². The molecule has 1 unspecified atom stereocenters. The first-order valence-electron chi connectivity index (χ1n) is 18.4. The van der Waals surface area contributed by atoms with E-state index in [-0.39, 0.29) is 64.4 Å². The standard InChI is InChI=1S/C38H55N3O6/c1-21-9-13-38(40-20-21)22(2)35-31(47-38)17-28-26-7-6-24-16-25(10-12-36(24,3)27(26)18-32(44)37(28,35)4)41-34(46)19-33(45)39-14-11-23-5-8-29(42)30(43)15-23/h5,8,15,21-22,24-28,31,35,40,42-43H,6-7,9-14,16-20H2,1-4H3,(H,39,45)(H,41,46)/t21-,22+,24+,25?,26-,27+,28+,31+,35+,36+,37-,38-/m1/s1. The van der Waals surface area contributed by atoms with Crippen molar-refractivity contribution in [3.05, 3.63) is 23.8 Å². The van der Waals surface area contributed by atoms with E-state index in [2.05, 4.69) is 43.6 Å². The number of hydrogen-bond donors (Lipinski definition) is 5. The summed E-state index contributed by atoms with van der Waals surface area (Å²) in [4.78, 5) is 39.7. The highest BCUT2D eigenvalue weighted by molar-refractivity contribution is 5.97. The lowest BCUT2D eigenvalue weighted by atomic mass is 9.44. The number of piperidine rings is 1. The minimum Gasteiger partial charge on any atom is -0.504 e. The van der Waals surface area contributed by atoms with E-state index >= 15 is 0 Å². The highest BCUT2D eigenvalue weighted by Crippen LogP contribution is 2.70. The minimum absolute atomic E-state index is 0.0523. The van der Waals surface area contributed by atoms with E-state index in [1.165, 1.54) is 18.6 Å². The molecule has 6 aliphatic rings. The molecule has 0 bridgehead atoms. The maximum absolute atomic E-state index is 14.4. The molecule has 2 heterocycles. The number of benzene rings is 1. The molecule has 2 saturated heterocycles. The third-order valence-electron chi connectivity index (χ3n) is 14.5. The second-order valence-electron chi connectivity index (χ2n) is 16.8. The van der Waals surface area contributed by atoms with Gasteiger partial charge in [-0.2, -0.15) is 0 Å². The number of aromatic hydroxyl groups is 2. The zero-order valence-corrected chi connectivity index (χ0v) is 28.6. The molecular formula is C38H55N3O6. The number of rotatable bonds is 6. The average molecular weight is 650 g/mol. The molecule has 4 saturated carbocycles. The molecule has 7 rings (SSSR count). The lowest BCUT2D eigenvalue weighted by molar-refractivity contribution is -0.160. The molecule has 6 fully saturated rings. The summed E-state index contributed by atoms with van der Waals surface area (Å²) >= 11 is 0. The molecule has 258 valence electrons. The van der Waals surface area contributed by atoms with E-state index in [4.69, 9.17) is 4.74 Å². The topological polar surface area (TPSA) is 137 Å². The average Bonchev–Trinajstić information content (AvgIpc) is 3.47. The van der Waals surface area contributed by atoms with E-state index in [1.807, 2.05) is 0 Å². The first-order chi connectivity index (χ1) is 22.3. The van der Waals surface area contributed by atoms with Crippen LogP contribution in [0, 0.1) is 52.3 Å². The molecule has 4 aliphatic carbocycles. The first-order valence-corrected chi connectivity index (χ1v) is 18.4. The van der Waals surface area contributed by atoms with Crippen LogP contribution in [0.1, 0.15) is 97.5 Å². The molecule has 1 aromatic carbocycles. The Morgan fingerprint density at radius 3 is 2.55 bits per heavy atom. The van der Waals surface area contributed by atoms with E-state index in [0.717, 1.165) is 57.1 Å². The third kappa shape index (κ3) is 5.48. The predicted molar refractivity (Wildman–Crippen MR) is 177 cm³/mol. The van der Waals surface area contributed by atoms with Crippen LogP contribution in [0.5, 0.6) is 11.5 Å². The maximum Gasteiger partial charge on any atom is 0.229 e. The Morgan fingerprint density at radius 2 is 1.81 bits per heavy atom. The fraction of sp³-hybridized carbons (Fsp3) is 0.763. The van der Waals surface area contributed by atoms with Gasteiger partial charge >= 0.3 is 0 Å². The number of hydrogen-bond acceptors (Lipinski definition) is 7. The van der Waals surface area contributed by atoms with Crippen LogP contribution in [0.25, 0.3) is 0 Å². The van der Waals surface area contributed by atoms with Crippen LogP contribution in [0.2, 0.25) is 0 Å². The van der Waals surface area contributed by atoms with Crippen molar-refractivity contribution >= 4 is 17.6 Å². The number of ether oxygens (including phenoxy) is 1. The van der Waals surface area contributed by atoms with Gasteiger partial charge in [0.05, 0.1) is 6.10 Å². The van der Waals surface area contributed by atoms with Crippen LogP contribution in [0.3, 0.4) is 0 Å². The van der Waals surface area contributed by atoms with Gasteiger partial charge in [0.15, 0.2) is 11.5 Å². The Hall–Kier alpha value is -2.65. The molecule has 2 amide bonds. The third-order valence-corrected chi connectivity index (χ3v) is 14.5. The molecule has 47 heavy (non-hydrogen) atoms. The number of carbonyl (C=O) groups is 3. The van der Waals surface area contributed by atoms with Crippen molar-refractivity contribution in [1.82, 2.24) is 16.0 Å². The maximum atomic E-state index is 14.4. The highest BCUT2D eigenvalue weighted by atomic mass is 16.5. The summed E-state index contributed by atoms with van der Waals surface area (Å²) in [6.07, 6.45) is 9.41. The van der Waals surface area contributed by atoms with E-state index in [9.17, 15) is 24.6 Å². The monoisotopic (exact) mass is 649 g/mol. The van der Waals surface area contributed by atoms with Gasteiger partial charge in [-0.15, -0.1) is 0 Å². The summed E-state index contributed by atoms with van der Waals surface area (Å²) in [6.45, 7) is 10.7. The summed E-state index contributed by atoms with van der Waals surface area (Å²) in [7, 11) is 0. The van der Waals surface area contributed by atoms with Crippen LogP contribution in [0.15, 0.2) is 18.2 Å². The molecule has 9 heteroatoms. The Labute approximate surface area is 279 Å². The van der Waals surface area contributed by atoms with Gasteiger partial charge in [-0.3, -0.25) is 19.7 Å². The van der Waals surface area contributed by atoms with Gasteiger partial charge in [-0.1, -0.05) is 33.8 Å². The molecule has 0 radical (unpaired) electrons. The first kappa shape index (κ1) is 32.9. The Balaban J connectivity index is 0.936. The normalized spacial score (nSPS) is 43.8. The number of ketones is 1. The number of amides is 2. The van der Waals surface area contributed by atoms with Gasteiger partial charge in [0.25, 0.3) is 0 Å². The molecule has 1 aromatic rings. The lowest BCUT2D eigenvalue weighted by Gasteiger charge is -2.60. The summed E-state index contributed by atoms with van der Waals surface area (Å²) in [5, 5.41) is 28.9. The van der Waals surface area contributed by atoms with Gasteiger partial charge in [-0.05, 0) is 110 Å². The highest BCUT2D eigenvalue weighted by Gasteiger charge is 2.71. The summed E-state index contributed by atoms with van der Waals surface area (Å²) in [5.74, 6) is 2.61. The van der Waals surface area contributed by atoms with Gasteiger partial charge in [0.1, 0.15) is 17.9 Å². The largest absolute Gasteiger partial charge is 0.504 e. The number of Topliss-reactive ketones (excluding diaryl/α,β-unsaturated/α-hetero) is 1. The van der Waals surface area contributed by atoms with Gasteiger partial charge in [0.2, 0.25) is 11.8 Å². The summed E-state index contributed by atoms with van der Waals surface area (Å²) in [5.41, 5.74) is 0.306. The fourth-order valence-corrected chi connectivity index (χ4v) is 11.8. The van der Waals surface area contributed by atoms with Crippen molar-refractivity contribution in [2.24, 2.45) is 52.3 Å². The molecule has 1 spiro atoms. The van der Waals surface area contributed by atoms with Crippen molar-refractivity contribution in [1.29, 1.82) is 0 Å². The Bertz CT molecular complexity index is 1410. The zero-order chi connectivity index (χ0) is 33.3. The Morgan fingerprint density at radius 1 is 1.00 bits per heavy atom.